The van der Waals surface area contributed by atoms with Crippen molar-refractivity contribution < 1.29 is 4.74 Å². The van der Waals surface area contributed by atoms with Gasteiger partial charge in [0.15, 0.2) is 0 Å². The maximum absolute atomic E-state index is 5.89. The highest BCUT2D eigenvalue weighted by molar-refractivity contribution is 7.80. The standard InChI is InChI=1S/C21H26N2OS/c1-6-23(5)14-22-19-12-16(3)18(11-17(19)4)21(25)13-24-20-10-8-7-9-15(20)2/h7-12,14H,6,13H2,1-5H3. The SMILES string of the molecule is CCN(C)C=Nc1cc(C)c(C(=S)COc2ccccc2C)cc1C. The van der Waals surface area contributed by atoms with E-state index in [4.69, 9.17) is 17.0 Å². The minimum atomic E-state index is 0.404. The molecule has 0 N–H and O–H groups in total. The zero-order valence-electron chi connectivity index (χ0n) is 15.7. The number of thiocarbonyl (C=S) groups is 1. The Balaban J connectivity index is 2.13. The van der Waals surface area contributed by atoms with Crippen LogP contribution in [0, 0.1) is 20.8 Å². The van der Waals surface area contributed by atoms with Crippen LogP contribution < -0.4 is 4.74 Å². The number of aryl methyl sites for hydroxylation is 3. The van der Waals surface area contributed by atoms with Gasteiger partial charge in [-0.3, -0.25) is 0 Å². The predicted molar refractivity (Wildman–Crippen MR) is 111 cm³/mol. The van der Waals surface area contributed by atoms with Crippen LogP contribution >= 0.6 is 12.2 Å². The molecule has 0 radical (unpaired) electrons. The largest absolute Gasteiger partial charge is 0.488 e. The highest BCUT2D eigenvalue weighted by atomic mass is 32.1. The van der Waals surface area contributed by atoms with Gasteiger partial charge in [0.05, 0.1) is 16.9 Å². The first-order chi connectivity index (χ1) is 11.9. The molecule has 0 bridgehead atoms. The van der Waals surface area contributed by atoms with Crippen molar-refractivity contribution in [3.63, 3.8) is 0 Å². The van der Waals surface area contributed by atoms with E-state index in [1.165, 1.54) is 0 Å². The molecule has 4 heteroatoms. The molecule has 2 aromatic carbocycles. The Labute approximate surface area is 156 Å². The number of para-hydroxylation sites is 1. The molecule has 0 saturated heterocycles. The monoisotopic (exact) mass is 354 g/mol. The summed E-state index contributed by atoms with van der Waals surface area (Å²) in [5.41, 5.74) is 5.38. The molecule has 0 unspecified atom stereocenters. The molecule has 2 aromatic rings. The number of ether oxygens (including phenoxy) is 1. The van der Waals surface area contributed by atoms with Crippen molar-refractivity contribution in [2.45, 2.75) is 27.7 Å². The van der Waals surface area contributed by atoms with E-state index >= 15 is 0 Å². The van der Waals surface area contributed by atoms with Gasteiger partial charge < -0.3 is 9.64 Å². The molecule has 132 valence electrons. The van der Waals surface area contributed by atoms with Crippen LogP contribution in [0.5, 0.6) is 5.75 Å². The second kappa shape index (κ2) is 8.77. The van der Waals surface area contributed by atoms with E-state index in [0.717, 1.165) is 45.1 Å². The van der Waals surface area contributed by atoms with Gasteiger partial charge >= 0.3 is 0 Å². The summed E-state index contributed by atoms with van der Waals surface area (Å²) in [7, 11) is 2.01. The molecule has 0 atom stereocenters. The summed E-state index contributed by atoms with van der Waals surface area (Å²) in [6, 6.07) is 12.2. The second-order valence-corrected chi connectivity index (χ2v) is 6.74. The van der Waals surface area contributed by atoms with E-state index in [0.29, 0.717) is 6.61 Å². The molecule has 3 nitrogen and oxygen atoms in total. The minimum absolute atomic E-state index is 0.404. The zero-order valence-corrected chi connectivity index (χ0v) is 16.5. The van der Waals surface area contributed by atoms with E-state index in [2.05, 4.69) is 37.9 Å². The van der Waals surface area contributed by atoms with Gasteiger partial charge in [0.2, 0.25) is 0 Å². The Morgan fingerprint density at radius 2 is 1.84 bits per heavy atom. The summed E-state index contributed by atoms with van der Waals surface area (Å²) >= 11 is 5.61. The van der Waals surface area contributed by atoms with Gasteiger partial charge in [0, 0.05) is 13.6 Å². The Kier molecular flexibility index (Phi) is 6.71. The van der Waals surface area contributed by atoms with E-state index < -0.39 is 0 Å². The summed E-state index contributed by atoms with van der Waals surface area (Å²) in [6.07, 6.45) is 1.86. The molecule has 0 aliphatic carbocycles. The third-order valence-corrected chi connectivity index (χ3v) is 4.53. The second-order valence-electron chi connectivity index (χ2n) is 6.25. The van der Waals surface area contributed by atoms with E-state index in [9.17, 15) is 0 Å². The first-order valence-electron chi connectivity index (χ1n) is 8.49. The molecule has 0 saturated carbocycles. The van der Waals surface area contributed by atoms with Gasteiger partial charge in [0.25, 0.3) is 0 Å². The van der Waals surface area contributed by atoms with Gasteiger partial charge in [-0.25, -0.2) is 4.99 Å². The van der Waals surface area contributed by atoms with Crippen molar-refractivity contribution in [3.05, 3.63) is 58.7 Å². The molecule has 0 aromatic heterocycles. The molecule has 0 spiro atoms. The van der Waals surface area contributed by atoms with Gasteiger partial charge in [-0.15, -0.1) is 0 Å². The van der Waals surface area contributed by atoms with Gasteiger partial charge in [-0.1, -0.05) is 30.4 Å². The predicted octanol–water partition coefficient (Wildman–Crippen LogP) is 5.02. The molecule has 2 rings (SSSR count). The Bertz CT molecular complexity index is 783. The van der Waals surface area contributed by atoms with Crippen molar-refractivity contribution in [2.75, 3.05) is 20.2 Å². The van der Waals surface area contributed by atoms with Crippen LogP contribution in [-0.4, -0.2) is 36.3 Å². The van der Waals surface area contributed by atoms with Crippen LogP contribution in [0.1, 0.15) is 29.2 Å². The van der Waals surface area contributed by atoms with Crippen LogP contribution in [0.4, 0.5) is 5.69 Å². The van der Waals surface area contributed by atoms with Gasteiger partial charge in [-0.05, 0) is 68.1 Å². The van der Waals surface area contributed by atoms with Crippen LogP contribution in [0.2, 0.25) is 0 Å². The van der Waals surface area contributed by atoms with Crippen molar-refractivity contribution in [2.24, 2.45) is 4.99 Å². The highest BCUT2D eigenvalue weighted by Gasteiger charge is 2.10. The molecule has 0 aliphatic rings. The van der Waals surface area contributed by atoms with Crippen molar-refractivity contribution in [1.29, 1.82) is 0 Å². The smallest absolute Gasteiger partial charge is 0.124 e. The third-order valence-electron chi connectivity index (χ3n) is 4.19. The molecular weight excluding hydrogens is 328 g/mol. The summed E-state index contributed by atoms with van der Waals surface area (Å²) in [6.45, 7) is 9.60. The molecule has 25 heavy (non-hydrogen) atoms. The number of benzene rings is 2. The fraction of sp³-hybridized carbons (Fsp3) is 0.333. The molecule has 0 heterocycles. The van der Waals surface area contributed by atoms with Crippen LogP contribution in [0.25, 0.3) is 0 Å². The van der Waals surface area contributed by atoms with E-state index in [-0.39, 0.29) is 0 Å². The van der Waals surface area contributed by atoms with Crippen LogP contribution in [0.15, 0.2) is 41.4 Å². The maximum atomic E-state index is 5.89. The zero-order chi connectivity index (χ0) is 18.4. The summed E-state index contributed by atoms with van der Waals surface area (Å²) < 4.78 is 5.89. The first kappa shape index (κ1) is 19.1. The number of nitrogens with zero attached hydrogens (tertiary/aromatic N) is 2. The molecule has 0 fully saturated rings. The molecule has 0 aliphatic heterocycles. The van der Waals surface area contributed by atoms with Gasteiger partial charge in [-0.2, -0.15) is 0 Å². The highest BCUT2D eigenvalue weighted by Crippen LogP contribution is 2.24. The third kappa shape index (κ3) is 5.13. The average molecular weight is 355 g/mol. The lowest BCUT2D eigenvalue weighted by Gasteiger charge is -2.14. The van der Waals surface area contributed by atoms with Crippen LogP contribution in [0.3, 0.4) is 0 Å². The van der Waals surface area contributed by atoms with E-state index in [1.807, 2.05) is 49.5 Å². The number of hydrogen-bond acceptors (Lipinski definition) is 3. The van der Waals surface area contributed by atoms with Crippen LogP contribution in [-0.2, 0) is 0 Å². The topological polar surface area (TPSA) is 24.8 Å². The summed E-state index contributed by atoms with van der Waals surface area (Å²) in [5.74, 6) is 0.878. The fourth-order valence-electron chi connectivity index (χ4n) is 2.42. The fourth-order valence-corrected chi connectivity index (χ4v) is 2.70. The van der Waals surface area contributed by atoms with Gasteiger partial charge in [0.1, 0.15) is 12.4 Å². The van der Waals surface area contributed by atoms with E-state index in [1.54, 1.807) is 0 Å². The lowest BCUT2D eigenvalue weighted by atomic mass is 10.0. The Morgan fingerprint density at radius 3 is 2.52 bits per heavy atom. The number of hydrogen-bond donors (Lipinski definition) is 0. The van der Waals surface area contributed by atoms with Crippen molar-refractivity contribution >= 4 is 29.1 Å². The summed E-state index contributed by atoms with van der Waals surface area (Å²) in [5, 5.41) is 0. The average Bonchev–Trinajstić information content (AvgIpc) is 2.60. The Hall–Kier alpha value is -2.20. The lowest BCUT2D eigenvalue weighted by Crippen LogP contribution is -2.14. The Morgan fingerprint density at radius 1 is 1.12 bits per heavy atom. The van der Waals surface area contributed by atoms with Crippen molar-refractivity contribution in [1.82, 2.24) is 4.90 Å². The maximum Gasteiger partial charge on any atom is 0.124 e. The lowest BCUT2D eigenvalue weighted by molar-refractivity contribution is 0.376. The quantitative estimate of drug-likeness (QED) is 0.302. The first-order valence-corrected chi connectivity index (χ1v) is 8.90. The summed E-state index contributed by atoms with van der Waals surface area (Å²) in [4.78, 5) is 7.42. The molecular formula is C21H26N2OS. The number of rotatable bonds is 7. The number of aliphatic imine (C=N–C) groups is 1. The molecule has 0 amide bonds. The normalized spacial score (nSPS) is 10.9. The van der Waals surface area contributed by atoms with Crippen molar-refractivity contribution in [3.8, 4) is 5.75 Å². The minimum Gasteiger partial charge on any atom is -0.488 e.